The summed E-state index contributed by atoms with van der Waals surface area (Å²) in [4.78, 5) is 64.1. The highest BCUT2D eigenvalue weighted by molar-refractivity contribution is 7.13. The number of carbonyl (C=O) groups excluding carboxylic acids is 4. The molecule has 4 amide bonds. The summed E-state index contributed by atoms with van der Waals surface area (Å²) in [5.74, 6) is -2.04. The predicted octanol–water partition coefficient (Wildman–Crippen LogP) is 3.32. The number of carbonyl (C=O) groups is 4. The minimum Gasteiger partial charge on any atom is -0.391 e. The Hall–Kier alpha value is -4.90. The number of likely N-dealkylation sites (tertiary alicyclic amines) is 1. The molecular formula is C39H52N8O8S. The van der Waals surface area contributed by atoms with Crippen LogP contribution in [0.25, 0.3) is 20.9 Å². The van der Waals surface area contributed by atoms with Crippen LogP contribution in [-0.2, 0) is 46.4 Å². The fourth-order valence-electron chi connectivity index (χ4n) is 6.07. The van der Waals surface area contributed by atoms with Crippen LogP contribution in [0.1, 0.15) is 44.0 Å². The highest BCUT2D eigenvalue weighted by atomic mass is 32.1. The molecule has 3 aromatic rings. The van der Waals surface area contributed by atoms with Crippen LogP contribution in [0.4, 0.5) is 0 Å². The fraction of sp³-hybridized carbons (Fsp3) is 0.513. The number of β-amino-alcohol motifs (C(OH)–C–C–N with tert-alkyl or cyclic N) is 1. The third-order valence-electron chi connectivity index (χ3n) is 9.00. The van der Waals surface area contributed by atoms with Gasteiger partial charge < -0.3 is 40.2 Å². The molecule has 4 N–H and O–H groups in total. The van der Waals surface area contributed by atoms with Gasteiger partial charge in [0.25, 0.3) is 0 Å². The van der Waals surface area contributed by atoms with Crippen molar-refractivity contribution in [2.24, 2.45) is 10.5 Å². The molecule has 1 fully saturated rings. The first-order valence-electron chi connectivity index (χ1n) is 18.5. The molecule has 2 aromatic carbocycles. The van der Waals surface area contributed by atoms with Crippen molar-refractivity contribution in [3.8, 4) is 10.4 Å². The smallest absolute Gasteiger partial charge is 0.246 e. The van der Waals surface area contributed by atoms with Gasteiger partial charge in [-0.2, -0.15) is 0 Å². The number of ether oxygens (including phenoxy) is 3. The third-order valence-corrected chi connectivity index (χ3v) is 9.98. The van der Waals surface area contributed by atoms with Crippen LogP contribution < -0.4 is 16.0 Å². The highest BCUT2D eigenvalue weighted by Crippen LogP contribution is 2.28. The number of aryl methyl sites for hydroxylation is 1. The van der Waals surface area contributed by atoms with Crippen LogP contribution in [-0.4, -0.2) is 116 Å². The van der Waals surface area contributed by atoms with Crippen molar-refractivity contribution in [3.63, 3.8) is 0 Å². The van der Waals surface area contributed by atoms with E-state index in [0.717, 1.165) is 27.3 Å². The number of azide groups is 1. The van der Waals surface area contributed by atoms with E-state index in [9.17, 15) is 24.3 Å². The van der Waals surface area contributed by atoms with Crippen molar-refractivity contribution in [3.05, 3.63) is 87.4 Å². The Labute approximate surface area is 330 Å². The number of hydrogen-bond donors (Lipinski definition) is 4. The van der Waals surface area contributed by atoms with Crippen LogP contribution in [0.2, 0.25) is 0 Å². The summed E-state index contributed by atoms with van der Waals surface area (Å²) in [6, 6.07) is 13.9. The molecule has 2 heterocycles. The van der Waals surface area contributed by atoms with Gasteiger partial charge in [0.2, 0.25) is 23.6 Å². The van der Waals surface area contributed by atoms with E-state index in [1.807, 2.05) is 61.5 Å². The number of hydrogen-bond acceptors (Lipinski definition) is 11. The van der Waals surface area contributed by atoms with E-state index < -0.39 is 53.3 Å². The van der Waals surface area contributed by atoms with E-state index in [2.05, 4.69) is 31.0 Å². The van der Waals surface area contributed by atoms with Crippen molar-refractivity contribution in [1.82, 2.24) is 25.8 Å². The molecule has 56 heavy (non-hydrogen) atoms. The molecular weight excluding hydrogens is 741 g/mol. The SMILES string of the molecule is Cc1ncsc1-c1ccc(CNC(=O)[C@@H]2C[C@@H](O)CN2C(=O)C(NC(=O)C(Cc2ccccc2)NC(=O)COCCOCCOCCN=[N+]=[N-])C(C)(C)C)cc1. The molecule has 1 aliphatic heterocycles. The van der Waals surface area contributed by atoms with Crippen LogP contribution >= 0.6 is 11.3 Å². The average molecular weight is 793 g/mol. The molecule has 17 heteroatoms. The van der Waals surface area contributed by atoms with Gasteiger partial charge in [0.1, 0.15) is 24.7 Å². The van der Waals surface area contributed by atoms with Gasteiger partial charge in [0.15, 0.2) is 0 Å². The molecule has 0 bridgehead atoms. The topological polar surface area (TPSA) is 217 Å². The summed E-state index contributed by atoms with van der Waals surface area (Å²) in [6.07, 6.45) is -0.729. The number of aliphatic hydroxyl groups excluding tert-OH is 1. The van der Waals surface area contributed by atoms with Crippen molar-refractivity contribution >= 4 is 35.0 Å². The second-order valence-corrected chi connectivity index (χ2v) is 15.3. The molecule has 0 spiro atoms. The summed E-state index contributed by atoms with van der Waals surface area (Å²) in [7, 11) is 0. The van der Waals surface area contributed by atoms with E-state index in [1.54, 1.807) is 37.6 Å². The van der Waals surface area contributed by atoms with Crippen LogP contribution in [0.15, 0.2) is 65.2 Å². The standard InChI is InChI=1S/C39H52N8O8S/c1-26-34(56-25-42-26)29-12-10-28(11-13-29)22-41-37(51)32-21-30(48)23-47(32)38(52)35(39(2,3)4)45-36(50)31(20-27-8-6-5-7-9-27)44-33(49)24-55-19-18-54-17-16-53-15-14-43-46-40/h5-13,25,30-32,35,48H,14-24H2,1-4H3,(H,41,51)(H,44,49)(H,45,50)/t30-,31?,32+,35?/m1/s1. The molecule has 0 radical (unpaired) electrons. The number of aliphatic hydroxyl groups is 1. The van der Waals surface area contributed by atoms with E-state index in [1.165, 1.54) is 4.90 Å². The molecule has 4 atom stereocenters. The maximum absolute atomic E-state index is 14.2. The fourth-order valence-corrected chi connectivity index (χ4v) is 6.88. The Bertz CT molecular complexity index is 1780. The Kier molecular flexibility index (Phi) is 17.2. The lowest BCUT2D eigenvalue weighted by molar-refractivity contribution is -0.144. The lowest BCUT2D eigenvalue weighted by Gasteiger charge is -2.36. The Morgan fingerprint density at radius 1 is 0.982 bits per heavy atom. The Morgan fingerprint density at radius 2 is 1.66 bits per heavy atom. The summed E-state index contributed by atoms with van der Waals surface area (Å²) in [5, 5.41) is 22.5. The monoisotopic (exact) mass is 792 g/mol. The second kappa shape index (κ2) is 22.0. The molecule has 0 aliphatic carbocycles. The summed E-state index contributed by atoms with van der Waals surface area (Å²) >= 11 is 1.56. The van der Waals surface area contributed by atoms with Crippen molar-refractivity contribution in [1.29, 1.82) is 0 Å². The molecule has 16 nitrogen and oxygen atoms in total. The van der Waals surface area contributed by atoms with E-state index in [-0.39, 0.29) is 58.9 Å². The third kappa shape index (κ3) is 13.7. The number of amides is 4. The summed E-state index contributed by atoms with van der Waals surface area (Å²) in [5.41, 5.74) is 12.9. The van der Waals surface area contributed by atoms with Gasteiger partial charge in [-0.25, -0.2) is 4.98 Å². The maximum atomic E-state index is 14.2. The average Bonchev–Trinajstić information content (AvgIpc) is 3.79. The van der Waals surface area contributed by atoms with Crippen molar-refractivity contribution in [2.75, 3.05) is 52.7 Å². The van der Waals surface area contributed by atoms with E-state index >= 15 is 0 Å². The molecule has 302 valence electrons. The van der Waals surface area contributed by atoms with Gasteiger partial charge >= 0.3 is 0 Å². The van der Waals surface area contributed by atoms with E-state index in [4.69, 9.17) is 19.7 Å². The first kappa shape index (κ1) is 43.8. The zero-order chi connectivity index (χ0) is 40.5. The van der Waals surface area contributed by atoms with Gasteiger partial charge in [-0.1, -0.05) is 80.5 Å². The van der Waals surface area contributed by atoms with Gasteiger partial charge in [-0.15, -0.1) is 11.3 Å². The number of thiazole rings is 1. The van der Waals surface area contributed by atoms with Gasteiger partial charge in [0, 0.05) is 37.4 Å². The van der Waals surface area contributed by atoms with Crippen molar-refractivity contribution in [2.45, 2.75) is 71.3 Å². The number of rotatable bonds is 21. The van der Waals surface area contributed by atoms with Gasteiger partial charge in [0.05, 0.1) is 55.2 Å². The van der Waals surface area contributed by atoms with Crippen LogP contribution in [0, 0.1) is 12.3 Å². The quantitative estimate of drug-likeness (QED) is 0.0538. The Balaban J connectivity index is 1.35. The molecule has 1 aliphatic rings. The van der Waals surface area contributed by atoms with Crippen molar-refractivity contribution < 1.29 is 38.5 Å². The molecule has 1 aromatic heterocycles. The van der Waals surface area contributed by atoms with Crippen LogP contribution in [0.3, 0.4) is 0 Å². The van der Waals surface area contributed by atoms with Crippen LogP contribution in [0.5, 0.6) is 0 Å². The Morgan fingerprint density at radius 3 is 2.30 bits per heavy atom. The number of aromatic nitrogens is 1. The minimum atomic E-state index is -1.09. The zero-order valence-electron chi connectivity index (χ0n) is 32.3. The molecule has 1 saturated heterocycles. The first-order chi connectivity index (χ1) is 26.9. The number of benzene rings is 2. The second-order valence-electron chi connectivity index (χ2n) is 14.4. The van der Waals surface area contributed by atoms with Gasteiger partial charge in [-0.3, -0.25) is 19.2 Å². The highest BCUT2D eigenvalue weighted by Gasteiger charge is 2.45. The lowest BCUT2D eigenvalue weighted by atomic mass is 9.85. The van der Waals surface area contributed by atoms with E-state index in [0.29, 0.717) is 13.2 Å². The summed E-state index contributed by atoms with van der Waals surface area (Å²) < 4.78 is 16.1. The zero-order valence-corrected chi connectivity index (χ0v) is 33.1. The first-order valence-corrected chi connectivity index (χ1v) is 19.4. The number of nitrogens with zero attached hydrogens (tertiary/aromatic N) is 5. The minimum absolute atomic E-state index is 0.0519. The molecule has 0 saturated carbocycles. The largest absolute Gasteiger partial charge is 0.391 e. The molecule has 2 unspecified atom stereocenters. The lowest BCUT2D eigenvalue weighted by Crippen LogP contribution is -2.60. The number of nitrogens with one attached hydrogen (secondary N) is 3. The normalized spacial score (nSPS) is 16.4. The van der Waals surface area contributed by atoms with Gasteiger partial charge in [-0.05, 0) is 34.6 Å². The maximum Gasteiger partial charge on any atom is 0.246 e. The summed E-state index contributed by atoms with van der Waals surface area (Å²) in [6.45, 7) is 8.63. The predicted molar refractivity (Wildman–Crippen MR) is 210 cm³/mol. The molecule has 4 rings (SSSR count).